The van der Waals surface area contributed by atoms with E-state index in [0.29, 0.717) is 25.3 Å². The molecule has 25 heavy (non-hydrogen) atoms. The summed E-state index contributed by atoms with van der Waals surface area (Å²) in [5.41, 5.74) is 3.15. The number of carbonyl (C=O) groups excluding carboxylic acids is 1. The molecule has 2 atom stereocenters. The molecular weight excluding hydrogens is 321 g/mol. The summed E-state index contributed by atoms with van der Waals surface area (Å²) in [6.07, 6.45) is 0.330. The van der Waals surface area contributed by atoms with Gasteiger partial charge in [-0.05, 0) is 47.9 Å². The molecule has 5 heteroatoms. The zero-order valence-corrected chi connectivity index (χ0v) is 14.6. The van der Waals surface area contributed by atoms with Gasteiger partial charge in [0.1, 0.15) is 11.9 Å². The smallest absolute Gasteiger partial charge is 0.308 e. The highest BCUT2D eigenvalue weighted by Crippen LogP contribution is 2.28. The molecule has 1 N–H and O–H groups in total. The minimum Gasteiger partial charge on any atom is -0.462 e. The first-order chi connectivity index (χ1) is 11.9. The van der Waals surface area contributed by atoms with E-state index < -0.39 is 6.10 Å². The highest BCUT2D eigenvalue weighted by molar-refractivity contribution is 5.71. The van der Waals surface area contributed by atoms with Crippen molar-refractivity contribution in [2.24, 2.45) is 0 Å². The van der Waals surface area contributed by atoms with E-state index in [1.165, 1.54) is 17.8 Å². The Hall–Kier alpha value is -2.14. The number of ether oxygens (including phenoxy) is 1. The molecule has 1 aliphatic rings. The van der Waals surface area contributed by atoms with Gasteiger partial charge in [0.2, 0.25) is 0 Å². The molecule has 1 aromatic carbocycles. The number of halogens is 1. The van der Waals surface area contributed by atoms with Crippen LogP contribution in [0.25, 0.3) is 11.3 Å². The molecule has 2 heterocycles. The lowest BCUT2D eigenvalue weighted by Gasteiger charge is -2.27. The number of nitrogens with zero attached hydrogens (tertiary/aromatic N) is 1. The van der Waals surface area contributed by atoms with Gasteiger partial charge in [0.25, 0.3) is 0 Å². The third kappa shape index (κ3) is 4.10. The van der Waals surface area contributed by atoms with Gasteiger partial charge in [0.15, 0.2) is 0 Å². The number of esters is 1. The van der Waals surface area contributed by atoms with Gasteiger partial charge < -0.3 is 14.4 Å². The van der Waals surface area contributed by atoms with E-state index in [0.717, 1.165) is 11.3 Å². The molecule has 0 radical (unpaired) electrons. The molecule has 0 saturated carbocycles. The number of hydrogen-bond donors (Lipinski definition) is 1. The Morgan fingerprint density at radius 1 is 1.24 bits per heavy atom. The van der Waals surface area contributed by atoms with Gasteiger partial charge >= 0.3 is 5.97 Å². The minimum absolute atomic E-state index is 0.0814. The molecule has 0 aliphatic carbocycles. The van der Waals surface area contributed by atoms with Crippen LogP contribution >= 0.6 is 0 Å². The number of cyclic esters (lactones) is 1. The van der Waals surface area contributed by atoms with Crippen LogP contribution in [-0.4, -0.2) is 27.9 Å². The molecule has 3 rings (SSSR count). The molecule has 0 spiro atoms. The van der Waals surface area contributed by atoms with E-state index in [-0.39, 0.29) is 24.3 Å². The third-order valence-corrected chi connectivity index (χ3v) is 4.66. The topological polar surface area (TPSA) is 51.5 Å². The Morgan fingerprint density at radius 3 is 2.60 bits per heavy atom. The zero-order valence-electron chi connectivity index (χ0n) is 14.6. The SMILES string of the molecule is CC(C)c1ccc(-c2ccc(F)cc2)n1CC[C@H]1C[C@H](O)CC(=O)O1. The maximum atomic E-state index is 13.2. The molecule has 1 aromatic heterocycles. The van der Waals surface area contributed by atoms with Crippen LogP contribution in [0.3, 0.4) is 0 Å². The molecular formula is C20H24FNO3. The van der Waals surface area contributed by atoms with Crippen molar-refractivity contribution in [2.45, 2.75) is 57.8 Å². The van der Waals surface area contributed by atoms with Crippen molar-refractivity contribution in [3.05, 3.63) is 47.9 Å². The van der Waals surface area contributed by atoms with E-state index in [2.05, 4.69) is 24.5 Å². The standard InChI is InChI=1S/C20H24FNO3/c1-13(2)18-7-8-19(14-3-5-15(21)6-4-14)22(18)10-9-17-11-16(23)12-20(24)25-17/h3-8,13,16-17,23H,9-12H2,1-2H3/t16-,17-/m0/s1. The van der Waals surface area contributed by atoms with Gasteiger partial charge in [0.05, 0.1) is 12.5 Å². The van der Waals surface area contributed by atoms with Crippen LogP contribution in [0.2, 0.25) is 0 Å². The van der Waals surface area contributed by atoms with Gasteiger partial charge in [-0.25, -0.2) is 4.39 Å². The predicted molar refractivity (Wildman–Crippen MR) is 93.7 cm³/mol. The van der Waals surface area contributed by atoms with Crippen molar-refractivity contribution in [1.29, 1.82) is 0 Å². The van der Waals surface area contributed by atoms with E-state index in [1.807, 2.05) is 6.07 Å². The predicted octanol–water partition coefficient (Wildman–Crippen LogP) is 3.87. The van der Waals surface area contributed by atoms with Crippen molar-refractivity contribution in [3.63, 3.8) is 0 Å². The molecule has 134 valence electrons. The second-order valence-electron chi connectivity index (χ2n) is 6.95. The van der Waals surface area contributed by atoms with Crippen LogP contribution in [0.4, 0.5) is 4.39 Å². The monoisotopic (exact) mass is 345 g/mol. The second-order valence-corrected chi connectivity index (χ2v) is 6.95. The first-order valence-electron chi connectivity index (χ1n) is 8.77. The lowest BCUT2D eigenvalue weighted by molar-refractivity contribution is -0.160. The van der Waals surface area contributed by atoms with Crippen LogP contribution in [0.5, 0.6) is 0 Å². The van der Waals surface area contributed by atoms with Crippen LogP contribution in [0.15, 0.2) is 36.4 Å². The minimum atomic E-state index is -0.614. The number of rotatable bonds is 5. The number of benzene rings is 1. The lowest BCUT2D eigenvalue weighted by atomic mass is 10.0. The average Bonchev–Trinajstić information content (AvgIpc) is 2.97. The number of aliphatic hydroxyl groups is 1. The van der Waals surface area contributed by atoms with Gasteiger partial charge in [-0.15, -0.1) is 0 Å². The Bertz CT molecular complexity index is 736. The first kappa shape index (κ1) is 17.7. The van der Waals surface area contributed by atoms with Crippen LogP contribution < -0.4 is 0 Å². The van der Waals surface area contributed by atoms with E-state index >= 15 is 0 Å². The highest BCUT2D eigenvalue weighted by Gasteiger charge is 2.27. The fraction of sp³-hybridized carbons (Fsp3) is 0.450. The van der Waals surface area contributed by atoms with Gasteiger partial charge in [0, 0.05) is 30.8 Å². The van der Waals surface area contributed by atoms with Crippen LogP contribution in [-0.2, 0) is 16.1 Å². The molecule has 1 aliphatic heterocycles. The van der Waals surface area contributed by atoms with Gasteiger partial charge in [-0.3, -0.25) is 4.79 Å². The van der Waals surface area contributed by atoms with Crippen LogP contribution in [0.1, 0.15) is 44.7 Å². The zero-order chi connectivity index (χ0) is 18.0. The average molecular weight is 345 g/mol. The molecule has 2 aromatic rings. The largest absolute Gasteiger partial charge is 0.462 e. The molecule has 1 saturated heterocycles. The highest BCUT2D eigenvalue weighted by atomic mass is 19.1. The maximum absolute atomic E-state index is 13.2. The third-order valence-electron chi connectivity index (χ3n) is 4.66. The summed E-state index contributed by atoms with van der Waals surface area (Å²) in [4.78, 5) is 11.5. The number of aromatic nitrogens is 1. The molecule has 0 bridgehead atoms. The Morgan fingerprint density at radius 2 is 1.96 bits per heavy atom. The quantitative estimate of drug-likeness (QED) is 0.837. The molecule has 0 unspecified atom stereocenters. The Labute approximate surface area is 147 Å². The first-order valence-corrected chi connectivity index (χ1v) is 8.77. The number of carbonyl (C=O) groups is 1. The van der Waals surface area contributed by atoms with Crippen molar-refractivity contribution in [2.75, 3.05) is 0 Å². The van der Waals surface area contributed by atoms with Crippen molar-refractivity contribution in [3.8, 4) is 11.3 Å². The Kier molecular flexibility index (Phi) is 5.23. The fourth-order valence-corrected chi connectivity index (χ4v) is 3.42. The fourth-order valence-electron chi connectivity index (χ4n) is 3.42. The summed E-state index contributed by atoms with van der Waals surface area (Å²) in [6, 6.07) is 10.6. The summed E-state index contributed by atoms with van der Waals surface area (Å²) in [6.45, 7) is 4.94. The summed E-state index contributed by atoms with van der Waals surface area (Å²) in [7, 11) is 0. The summed E-state index contributed by atoms with van der Waals surface area (Å²) >= 11 is 0. The van der Waals surface area contributed by atoms with Crippen LogP contribution in [0, 0.1) is 5.82 Å². The van der Waals surface area contributed by atoms with Gasteiger partial charge in [-0.2, -0.15) is 0 Å². The maximum Gasteiger partial charge on any atom is 0.308 e. The Balaban J connectivity index is 1.82. The number of hydrogen-bond acceptors (Lipinski definition) is 3. The van der Waals surface area contributed by atoms with E-state index in [1.54, 1.807) is 12.1 Å². The van der Waals surface area contributed by atoms with Gasteiger partial charge in [-0.1, -0.05) is 13.8 Å². The van der Waals surface area contributed by atoms with E-state index in [9.17, 15) is 14.3 Å². The molecule has 1 fully saturated rings. The summed E-state index contributed by atoms with van der Waals surface area (Å²) in [5.74, 6) is -0.248. The summed E-state index contributed by atoms with van der Waals surface area (Å²) in [5, 5.41) is 9.77. The number of aliphatic hydroxyl groups excluding tert-OH is 1. The lowest BCUT2D eigenvalue weighted by Crippen LogP contribution is -2.33. The van der Waals surface area contributed by atoms with Crippen molar-refractivity contribution in [1.82, 2.24) is 4.57 Å². The second kappa shape index (κ2) is 7.40. The van der Waals surface area contributed by atoms with E-state index in [4.69, 9.17) is 4.74 Å². The molecule has 0 amide bonds. The van der Waals surface area contributed by atoms with Crippen molar-refractivity contribution < 1.29 is 19.0 Å². The molecule has 4 nitrogen and oxygen atoms in total. The summed E-state index contributed by atoms with van der Waals surface area (Å²) < 4.78 is 20.8. The normalized spacial score (nSPS) is 20.8. The van der Waals surface area contributed by atoms with Crippen molar-refractivity contribution >= 4 is 5.97 Å².